The van der Waals surface area contributed by atoms with Gasteiger partial charge in [-0.25, -0.2) is 0 Å². The van der Waals surface area contributed by atoms with E-state index in [1.165, 1.54) is 16.5 Å². The van der Waals surface area contributed by atoms with Gasteiger partial charge in [-0.1, -0.05) is 32.9 Å². The lowest BCUT2D eigenvalue weighted by atomic mass is 9.97. The lowest BCUT2D eigenvalue weighted by Gasteiger charge is -2.09. The van der Waals surface area contributed by atoms with E-state index in [0.717, 1.165) is 17.8 Å². The van der Waals surface area contributed by atoms with Crippen molar-refractivity contribution in [1.82, 2.24) is 5.32 Å². The van der Waals surface area contributed by atoms with Crippen LogP contribution in [-0.4, -0.2) is 7.05 Å². The molecule has 0 radical (unpaired) electrons. The number of benzene rings is 1. The third-order valence-electron chi connectivity index (χ3n) is 3.66. The summed E-state index contributed by atoms with van der Waals surface area (Å²) >= 11 is 0. The maximum Gasteiger partial charge on any atom is 0.137 e. The summed E-state index contributed by atoms with van der Waals surface area (Å²) < 4.78 is 6.07. The second-order valence-corrected chi connectivity index (χ2v) is 5.27. The maximum atomic E-state index is 6.07. The van der Waals surface area contributed by atoms with Crippen molar-refractivity contribution in [2.75, 3.05) is 7.05 Å². The van der Waals surface area contributed by atoms with E-state index in [4.69, 9.17) is 4.42 Å². The fraction of sp³-hybridized carbons (Fsp3) is 0.500. The van der Waals surface area contributed by atoms with Crippen LogP contribution < -0.4 is 5.32 Å². The van der Waals surface area contributed by atoms with Crippen LogP contribution in [-0.2, 0) is 0 Å². The van der Waals surface area contributed by atoms with Gasteiger partial charge in [-0.15, -0.1) is 0 Å². The molecular formula is C16H23NO. The van der Waals surface area contributed by atoms with Crippen LogP contribution in [0.3, 0.4) is 0 Å². The molecule has 1 N–H and O–H groups in total. The standard InChI is InChI=1S/C16H23NO/c1-6-14(17-5)15-9-13-12(10(2)3)8-7-11(4)16(13)18-15/h7-10,14,17H,6H2,1-5H3. The topological polar surface area (TPSA) is 25.2 Å². The van der Waals surface area contributed by atoms with Crippen molar-refractivity contribution in [2.45, 2.75) is 46.1 Å². The lowest BCUT2D eigenvalue weighted by molar-refractivity contribution is 0.443. The maximum absolute atomic E-state index is 6.07. The van der Waals surface area contributed by atoms with Crippen molar-refractivity contribution in [3.63, 3.8) is 0 Å². The highest BCUT2D eigenvalue weighted by molar-refractivity contribution is 5.85. The third kappa shape index (κ3) is 2.17. The summed E-state index contributed by atoms with van der Waals surface area (Å²) in [5.41, 5.74) is 3.63. The minimum absolute atomic E-state index is 0.303. The Hall–Kier alpha value is -1.28. The van der Waals surface area contributed by atoms with Crippen molar-refractivity contribution in [3.05, 3.63) is 35.1 Å². The molecule has 18 heavy (non-hydrogen) atoms. The van der Waals surface area contributed by atoms with Crippen molar-refractivity contribution in [2.24, 2.45) is 0 Å². The number of aryl methyl sites for hydroxylation is 1. The number of nitrogens with one attached hydrogen (secondary N) is 1. The number of hydrogen-bond donors (Lipinski definition) is 1. The zero-order chi connectivity index (χ0) is 13.3. The predicted molar refractivity (Wildman–Crippen MR) is 77.1 cm³/mol. The minimum Gasteiger partial charge on any atom is -0.459 e. The highest BCUT2D eigenvalue weighted by Gasteiger charge is 2.16. The van der Waals surface area contributed by atoms with Crippen LogP contribution in [0.15, 0.2) is 22.6 Å². The number of rotatable bonds is 4. The molecule has 2 nitrogen and oxygen atoms in total. The highest BCUT2D eigenvalue weighted by atomic mass is 16.3. The van der Waals surface area contributed by atoms with E-state index in [9.17, 15) is 0 Å². The minimum atomic E-state index is 0.303. The molecule has 0 aliphatic rings. The number of furan rings is 1. The molecule has 0 aliphatic carbocycles. The molecule has 1 heterocycles. The second-order valence-electron chi connectivity index (χ2n) is 5.27. The van der Waals surface area contributed by atoms with Gasteiger partial charge in [0.1, 0.15) is 11.3 Å². The average molecular weight is 245 g/mol. The Bertz CT molecular complexity index is 535. The van der Waals surface area contributed by atoms with Gasteiger partial charge in [-0.05, 0) is 43.5 Å². The first-order valence-corrected chi connectivity index (χ1v) is 6.78. The molecule has 0 amide bonds. The van der Waals surface area contributed by atoms with E-state index in [-0.39, 0.29) is 0 Å². The molecule has 0 fully saturated rings. The summed E-state index contributed by atoms with van der Waals surface area (Å²) in [6.07, 6.45) is 1.03. The number of fused-ring (bicyclic) bond motifs is 1. The van der Waals surface area contributed by atoms with E-state index in [1.54, 1.807) is 0 Å². The molecule has 0 aliphatic heterocycles. The normalized spacial score (nSPS) is 13.4. The lowest BCUT2D eigenvalue weighted by Crippen LogP contribution is -2.14. The molecule has 0 saturated heterocycles. The van der Waals surface area contributed by atoms with Crippen LogP contribution >= 0.6 is 0 Å². The molecular weight excluding hydrogens is 222 g/mol. The summed E-state index contributed by atoms with van der Waals surface area (Å²) in [6.45, 7) is 8.74. The Morgan fingerprint density at radius 1 is 1.28 bits per heavy atom. The van der Waals surface area contributed by atoms with Gasteiger partial charge in [0.2, 0.25) is 0 Å². The van der Waals surface area contributed by atoms with Gasteiger partial charge < -0.3 is 9.73 Å². The van der Waals surface area contributed by atoms with Crippen molar-refractivity contribution >= 4 is 11.0 Å². The molecule has 1 aromatic heterocycles. The van der Waals surface area contributed by atoms with Crippen LogP contribution in [0.25, 0.3) is 11.0 Å². The van der Waals surface area contributed by atoms with E-state index in [0.29, 0.717) is 12.0 Å². The van der Waals surface area contributed by atoms with Gasteiger partial charge in [0.05, 0.1) is 6.04 Å². The monoisotopic (exact) mass is 245 g/mol. The summed E-state index contributed by atoms with van der Waals surface area (Å²) in [4.78, 5) is 0. The van der Waals surface area contributed by atoms with Gasteiger partial charge in [-0.2, -0.15) is 0 Å². The van der Waals surface area contributed by atoms with Crippen LogP contribution in [0.2, 0.25) is 0 Å². The third-order valence-corrected chi connectivity index (χ3v) is 3.66. The van der Waals surface area contributed by atoms with Crippen molar-refractivity contribution in [1.29, 1.82) is 0 Å². The first-order valence-electron chi connectivity index (χ1n) is 6.78. The summed E-state index contributed by atoms with van der Waals surface area (Å²) in [5.74, 6) is 1.57. The molecule has 98 valence electrons. The Morgan fingerprint density at radius 2 is 2.00 bits per heavy atom. The Labute approximate surface area is 109 Å². The second kappa shape index (κ2) is 5.15. The zero-order valence-corrected chi connectivity index (χ0v) is 12.0. The molecule has 2 heteroatoms. The molecule has 2 rings (SSSR count). The van der Waals surface area contributed by atoms with E-state index in [2.05, 4.69) is 51.2 Å². The first kappa shape index (κ1) is 13.2. The predicted octanol–water partition coefficient (Wildman–Crippen LogP) is 4.54. The van der Waals surface area contributed by atoms with Crippen LogP contribution in [0.1, 0.15) is 56.0 Å². The summed E-state index contributed by atoms with van der Waals surface area (Å²) in [6, 6.07) is 6.90. The number of hydrogen-bond acceptors (Lipinski definition) is 2. The van der Waals surface area contributed by atoms with Crippen molar-refractivity contribution < 1.29 is 4.42 Å². The fourth-order valence-corrected chi connectivity index (χ4v) is 2.52. The van der Waals surface area contributed by atoms with Gasteiger partial charge in [0, 0.05) is 5.39 Å². The molecule has 0 saturated carbocycles. The molecule has 1 unspecified atom stereocenters. The molecule has 0 bridgehead atoms. The Morgan fingerprint density at radius 3 is 2.56 bits per heavy atom. The van der Waals surface area contributed by atoms with Gasteiger partial charge in [0.25, 0.3) is 0 Å². The van der Waals surface area contributed by atoms with E-state index < -0.39 is 0 Å². The van der Waals surface area contributed by atoms with Gasteiger partial charge in [-0.3, -0.25) is 0 Å². The van der Waals surface area contributed by atoms with Crippen LogP contribution in [0.5, 0.6) is 0 Å². The molecule has 1 aromatic carbocycles. The highest BCUT2D eigenvalue weighted by Crippen LogP contribution is 2.33. The quantitative estimate of drug-likeness (QED) is 0.855. The van der Waals surface area contributed by atoms with Gasteiger partial charge in [0.15, 0.2) is 0 Å². The van der Waals surface area contributed by atoms with Crippen LogP contribution in [0, 0.1) is 6.92 Å². The van der Waals surface area contributed by atoms with E-state index in [1.807, 2.05) is 7.05 Å². The molecule has 2 aromatic rings. The van der Waals surface area contributed by atoms with Gasteiger partial charge >= 0.3 is 0 Å². The fourth-order valence-electron chi connectivity index (χ4n) is 2.52. The first-order chi connectivity index (χ1) is 8.58. The average Bonchev–Trinajstić information content (AvgIpc) is 2.76. The summed E-state index contributed by atoms with van der Waals surface area (Å²) in [5, 5.41) is 4.58. The molecule has 1 atom stereocenters. The largest absolute Gasteiger partial charge is 0.459 e. The van der Waals surface area contributed by atoms with E-state index >= 15 is 0 Å². The van der Waals surface area contributed by atoms with Crippen molar-refractivity contribution in [3.8, 4) is 0 Å². The Kier molecular flexibility index (Phi) is 3.76. The zero-order valence-electron chi connectivity index (χ0n) is 12.0. The SMILES string of the molecule is CCC(NC)c1cc2c(C(C)C)ccc(C)c2o1. The smallest absolute Gasteiger partial charge is 0.137 e. The van der Waals surface area contributed by atoms with Crippen LogP contribution in [0.4, 0.5) is 0 Å². The summed E-state index contributed by atoms with van der Waals surface area (Å²) in [7, 11) is 1.98. The molecule has 0 spiro atoms. The Balaban J connectivity index is 2.62.